The molecule has 6 aliphatic rings. The first-order valence-corrected chi connectivity index (χ1v) is 21.5. The van der Waals surface area contributed by atoms with Crippen molar-refractivity contribution in [2.75, 3.05) is 13.2 Å². The molecule has 398 valence electrons. The monoisotopic (exact) mass is 1070 g/mol. The number of phenols is 15. The predicted molar refractivity (Wildman–Crippen MR) is 233 cm³/mol. The average molecular weight is 1070 g/mol. The Morgan fingerprint density at radius 2 is 0.789 bits per heavy atom. The Labute approximate surface area is 417 Å². The van der Waals surface area contributed by atoms with E-state index in [0.29, 0.717) is 6.07 Å². The van der Waals surface area contributed by atoms with E-state index in [1.165, 1.54) is 0 Å². The molecular formula is C46H34O30. The van der Waals surface area contributed by atoms with Crippen molar-refractivity contribution in [2.45, 2.75) is 54.4 Å². The number of phenolic OH excluding ortho intramolecular Hbond substituents is 15. The van der Waals surface area contributed by atoms with E-state index in [4.69, 9.17) is 28.4 Å². The standard InChI is InChI=1S/C46H34O30/c47-9-1-6-14(28(55)24(9)51)15-7(2-10(48)25(52)29(15)56)43(67)74-37-13(5-71-41(6)65)73-42(66)8-3-11(49)26(53)30(57)16(8)17-20-18(32(59)35(62)31(17)58)19-21-22(34(61)36(63)33(19)60)23(38(75-45(21)69)39(37)76-44(20)68)46(70)40(64)27(54)12(50)4-72-46/h1-3,12-13,23,27,37-40,47-64,70H,4-5H2/t12-,13+,23?,27+,37?,38-,39-,40+,46+/m0/s1. The molecule has 5 aromatic rings. The Morgan fingerprint density at radius 3 is 1.32 bits per heavy atom. The number of benzene rings is 5. The van der Waals surface area contributed by atoms with Crippen LogP contribution in [-0.2, 0) is 28.4 Å². The summed E-state index contributed by atoms with van der Waals surface area (Å²) in [6, 6.07) is 0.916. The summed E-state index contributed by atoms with van der Waals surface area (Å²) in [5, 5.41) is 214. The lowest BCUT2D eigenvalue weighted by Gasteiger charge is -2.51. The molecule has 0 aliphatic carbocycles. The molecule has 0 amide bonds. The predicted octanol–water partition coefficient (Wildman–Crippen LogP) is -0.830. The summed E-state index contributed by atoms with van der Waals surface area (Å²) in [6.45, 7) is -2.84. The lowest BCUT2D eigenvalue weighted by Crippen LogP contribution is -2.68. The summed E-state index contributed by atoms with van der Waals surface area (Å²) in [6.07, 6.45) is -19.3. The minimum absolute atomic E-state index is 0.271. The number of rotatable bonds is 1. The van der Waals surface area contributed by atoms with Gasteiger partial charge in [0.15, 0.2) is 81.9 Å². The van der Waals surface area contributed by atoms with Gasteiger partial charge in [0.25, 0.3) is 0 Å². The van der Waals surface area contributed by atoms with Gasteiger partial charge in [0.1, 0.15) is 24.9 Å². The Morgan fingerprint density at radius 1 is 0.395 bits per heavy atom. The Bertz CT molecular complexity index is 3510. The quantitative estimate of drug-likeness (QED) is 0.0553. The van der Waals surface area contributed by atoms with Crippen LogP contribution in [0.1, 0.15) is 63.3 Å². The van der Waals surface area contributed by atoms with Crippen LogP contribution in [-0.4, -0.2) is 189 Å². The Hall–Kier alpha value is -9.75. The molecule has 0 spiro atoms. The van der Waals surface area contributed by atoms with E-state index in [1.54, 1.807) is 0 Å². The van der Waals surface area contributed by atoms with Crippen LogP contribution in [0.15, 0.2) is 18.2 Å². The lowest BCUT2D eigenvalue weighted by molar-refractivity contribution is -0.341. The number of carbonyl (C=O) groups is 5. The van der Waals surface area contributed by atoms with E-state index < -0.39 is 250 Å². The van der Waals surface area contributed by atoms with Crippen LogP contribution in [0.4, 0.5) is 0 Å². The summed E-state index contributed by atoms with van der Waals surface area (Å²) in [5.74, 6) is -40.7. The van der Waals surface area contributed by atoms with Crippen molar-refractivity contribution in [3.05, 3.63) is 51.6 Å². The maximum atomic E-state index is 15.5. The van der Waals surface area contributed by atoms with E-state index in [1.807, 2.05) is 0 Å². The molecule has 1 fully saturated rings. The summed E-state index contributed by atoms with van der Waals surface area (Å²) >= 11 is 0. The number of aliphatic hydroxyl groups is 4. The van der Waals surface area contributed by atoms with Crippen molar-refractivity contribution in [1.29, 1.82) is 0 Å². The molecule has 6 aliphatic heterocycles. The van der Waals surface area contributed by atoms with Crippen LogP contribution in [0.5, 0.6) is 86.2 Å². The fraction of sp³-hybridized carbons (Fsp3) is 0.239. The highest BCUT2D eigenvalue weighted by atomic mass is 16.7. The van der Waals surface area contributed by atoms with Gasteiger partial charge in [-0.15, -0.1) is 0 Å². The molecule has 76 heavy (non-hydrogen) atoms. The molecule has 1 saturated heterocycles. The summed E-state index contributed by atoms with van der Waals surface area (Å²) in [7, 11) is 0. The second-order valence-corrected chi connectivity index (χ2v) is 17.6. The average Bonchev–Trinajstić information content (AvgIpc) is 3.53. The zero-order valence-corrected chi connectivity index (χ0v) is 37.3. The number of fused-ring (bicyclic) bond motifs is 7. The van der Waals surface area contributed by atoms with Gasteiger partial charge in [0, 0.05) is 38.9 Å². The zero-order valence-electron chi connectivity index (χ0n) is 37.3. The van der Waals surface area contributed by atoms with Crippen LogP contribution < -0.4 is 0 Å². The number of hydrogen-bond donors (Lipinski definition) is 19. The highest BCUT2D eigenvalue weighted by Gasteiger charge is 2.65. The number of ether oxygens (including phenoxy) is 6. The Kier molecular flexibility index (Phi) is 10.9. The lowest BCUT2D eigenvalue weighted by atomic mass is 9.71. The van der Waals surface area contributed by atoms with E-state index >= 15 is 9.59 Å². The molecule has 0 aromatic heterocycles. The third-order valence-corrected chi connectivity index (χ3v) is 13.6. The SMILES string of the molecule is O=C1OC[C@H]2OC(=O)c3cc(O)c(O)c(O)c3-c3c(O)c(O)c(O)c4c3C(=O)O[C@@H](C2OC(=O)c2cc(O)c(O)c(O)c2-c2c1cc(O)c(O)c2O)[C@H]1OC(=O)c2c-4c(O)c(O)c(O)c2C1[C@@]1(O)OC[C@H](O)[C@@H](O)[C@H]1O. The third kappa shape index (κ3) is 6.61. The van der Waals surface area contributed by atoms with Gasteiger partial charge < -0.3 is 125 Å². The van der Waals surface area contributed by atoms with Crippen LogP contribution in [0.25, 0.3) is 33.4 Å². The second kappa shape index (κ2) is 16.6. The van der Waals surface area contributed by atoms with Gasteiger partial charge in [0.2, 0.25) is 34.5 Å². The van der Waals surface area contributed by atoms with Crippen LogP contribution in [0.3, 0.4) is 0 Å². The van der Waals surface area contributed by atoms with E-state index in [-0.39, 0.29) is 12.1 Å². The summed E-state index contributed by atoms with van der Waals surface area (Å²) < 4.78 is 34.0. The molecule has 6 bridgehead atoms. The van der Waals surface area contributed by atoms with Crippen LogP contribution in [0.2, 0.25) is 0 Å². The molecular weight excluding hydrogens is 1030 g/mol. The van der Waals surface area contributed by atoms with Crippen LogP contribution >= 0.6 is 0 Å². The number of cyclic esters (lactones) is 1. The molecule has 30 nitrogen and oxygen atoms in total. The molecule has 6 heterocycles. The first-order chi connectivity index (χ1) is 35.7. The summed E-state index contributed by atoms with van der Waals surface area (Å²) in [5.41, 5.74) is -16.3. The van der Waals surface area contributed by atoms with Gasteiger partial charge in [-0.25, -0.2) is 24.0 Å². The smallest absolute Gasteiger partial charge is 0.340 e. The maximum absolute atomic E-state index is 15.5. The number of hydrogen-bond acceptors (Lipinski definition) is 30. The van der Waals surface area contributed by atoms with E-state index in [2.05, 4.69) is 0 Å². The highest BCUT2D eigenvalue weighted by Crippen LogP contribution is 2.63. The topological polar surface area (TPSA) is 525 Å². The second-order valence-electron chi connectivity index (χ2n) is 17.6. The van der Waals surface area contributed by atoms with Gasteiger partial charge in [-0.05, 0) is 18.2 Å². The number of carbonyl (C=O) groups excluding carboxylic acids is 5. The molecule has 0 saturated carbocycles. The highest BCUT2D eigenvalue weighted by molar-refractivity contribution is 6.16. The Balaban J connectivity index is 1.39. The van der Waals surface area contributed by atoms with Gasteiger partial charge >= 0.3 is 29.8 Å². The fourth-order valence-electron chi connectivity index (χ4n) is 9.99. The van der Waals surface area contributed by atoms with Gasteiger partial charge in [-0.1, -0.05) is 0 Å². The summed E-state index contributed by atoms with van der Waals surface area (Å²) in [4.78, 5) is 74.4. The van der Waals surface area contributed by atoms with Crippen molar-refractivity contribution in [2.24, 2.45) is 0 Å². The number of aromatic hydroxyl groups is 15. The molecule has 2 unspecified atom stereocenters. The fourth-order valence-corrected chi connectivity index (χ4v) is 9.99. The molecule has 5 aromatic carbocycles. The van der Waals surface area contributed by atoms with Crippen molar-refractivity contribution < 1.29 is 149 Å². The maximum Gasteiger partial charge on any atom is 0.340 e. The van der Waals surface area contributed by atoms with Gasteiger partial charge in [0.05, 0.1) is 40.3 Å². The van der Waals surface area contributed by atoms with Crippen molar-refractivity contribution >= 4 is 29.8 Å². The molecule has 30 heteroatoms. The minimum atomic E-state index is -3.72. The van der Waals surface area contributed by atoms with Gasteiger partial charge in [-0.2, -0.15) is 0 Å². The number of esters is 5. The molecule has 11 rings (SSSR count). The van der Waals surface area contributed by atoms with Crippen molar-refractivity contribution in [3.63, 3.8) is 0 Å². The normalized spacial score (nSPS) is 25.7. The third-order valence-electron chi connectivity index (χ3n) is 13.6. The van der Waals surface area contributed by atoms with Crippen molar-refractivity contribution in [3.8, 4) is 120 Å². The first kappa shape index (κ1) is 49.8. The van der Waals surface area contributed by atoms with E-state index in [9.17, 15) is 111 Å². The molecule has 19 N–H and O–H groups in total. The first-order valence-electron chi connectivity index (χ1n) is 21.5. The molecule has 9 atom stereocenters. The largest absolute Gasteiger partial charge is 0.504 e. The number of aliphatic hydroxyl groups excluding tert-OH is 3. The van der Waals surface area contributed by atoms with Gasteiger partial charge in [-0.3, -0.25) is 0 Å². The van der Waals surface area contributed by atoms with Crippen molar-refractivity contribution in [1.82, 2.24) is 0 Å². The zero-order chi connectivity index (χ0) is 55.4. The van der Waals surface area contributed by atoms with E-state index in [0.717, 1.165) is 0 Å². The molecule has 0 radical (unpaired) electrons. The minimum Gasteiger partial charge on any atom is -0.504 e. The van der Waals surface area contributed by atoms with Crippen LogP contribution in [0, 0.1) is 0 Å².